The Morgan fingerprint density at radius 1 is 1.53 bits per heavy atom. The van der Waals surface area contributed by atoms with Crippen LogP contribution in [0.2, 0.25) is 0 Å². The van der Waals surface area contributed by atoms with Gasteiger partial charge in [0.15, 0.2) is 0 Å². The third-order valence-electron chi connectivity index (χ3n) is 3.93. The van der Waals surface area contributed by atoms with E-state index in [2.05, 4.69) is 43.8 Å². The van der Waals surface area contributed by atoms with Crippen molar-refractivity contribution < 1.29 is 0 Å². The number of aliphatic imine (C=N–C) groups is 1. The molecule has 0 aromatic heterocycles. The van der Waals surface area contributed by atoms with E-state index < -0.39 is 0 Å². The Balaban J connectivity index is 2.08. The van der Waals surface area contributed by atoms with E-state index in [-0.39, 0.29) is 0 Å². The van der Waals surface area contributed by atoms with E-state index in [0.717, 1.165) is 23.7 Å². The lowest BCUT2D eigenvalue weighted by molar-refractivity contribution is 0.142. The van der Waals surface area contributed by atoms with Gasteiger partial charge in [0.2, 0.25) is 0 Å². The molecule has 0 bridgehead atoms. The minimum absolute atomic E-state index is 0.718. The van der Waals surface area contributed by atoms with Gasteiger partial charge in [-0.15, -0.1) is 0 Å². The van der Waals surface area contributed by atoms with Gasteiger partial charge in [0, 0.05) is 11.6 Å². The van der Waals surface area contributed by atoms with E-state index in [1.54, 1.807) is 0 Å². The van der Waals surface area contributed by atoms with Gasteiger partial charge in [-0.3, -0.25) is 4.99 Å². The summed E-state index contributed by atoms with van der Waals surface area (Å²) in [5.41, 5.74) is 1.27. The van der Waals surface area contributed by atoms with Gasteiger partial charge in [-0.25, -0.2) is 0 Å². The molecule has 0 N–H and O–H groups in total. The molecule has 0 heterocycles. The topological polar surface area (TPSA) is 12.4 Å². The highest BCUT2D eigenvalue weighted by Gasteiger charge is 2.42. The van der Waals surface area contributed by atoms with Crippen LogP contribution in [0.4, 0.5) is 0 Å². The first-order valence-corrected chi connectivity index (χ1v) is 6.05. The van der Waals surface area contributed by atoms with Gasteiger partial charge in [-0.05, 0) is 50.7 Å². The van der Waals surface area contributed by atoms with Crippen molar-refractivity contribution in [3.05, 3.63) is 23.9 Å². The molecule has 2 aliphatic carbocycles. The zero-order chi connectivity index (χ0) is 10.8. The first kappa shape index (κ1) is 10.7. The average molecular weight is 203 g/mol. The Kier molecular flexibility index (Phi) is 3.08. The molecule has 0 aromatic carbocycles. The monoisotopic (exact) mass is 203 g/mol. The Bertz CT molecular complexity index is 300. The fourth-order valence-electron chi connectivity index (χ4n) is 3.28. The quantitative estimate of drug-likeness (QED) is 0.488. The van der Waals surface area contributed by atoms with Gasteiger partial charge in [-0.1, -0.05) is 25.2 Å². The number of fused-ring (bicyclic) bond motifs is 1. The second kappa shape index (κ2) is 4.34. The van der Waals surface area contributed by atoms with Gasteiger partial charge in [0.05, 0.1) is 0 Å². The van der Waals surface area contributed by atoms with E-state index in [1.165, 1.54) is 25.0 Å². The SMILES string of the molecule is C=NC1=CC2CC(C)CC(CC=CC)C12. The van der Waals surface area contributed by atoms with Crippen molar-refractivity contribution in [2.75, 3.05) is 0 Å². The molecule has 0 radical (unpaired) electrons. The second-order valence-corrected chi connectivity index (χ2v) is 5.08. The highest BCUT2D eigenvalue weighted by Crippen LogP contribution is 2.50. The molecule has 1 fully saturated rings. The molecule has 1 nitrogen and oxygen atoms in total. The largest absolute Gasteiger partial charge is 0.269 e. The van der Waals surface area contributed by atoms with Crippen molar-refractivity contribution in [1.29, 1.82) is 0 Å². The maximum Gasteiger partial charge on any atom is 0.0399 e. The summed E-state index contributed by atoms with van der Waals surface area (Å²) in [6, 6.07) is 0. The van der Waals surface area contributed by atoms with E-state index >= 15 is 0 Å². The van der Waals surface area contributed by atoms with Crippen LogP contribution in [-0.4, -0.2) is 6.72 Å². The molecule has 4 unspecified atom stereocenters. The number of hydrogen-bond acceptors (Lipinski definition) is 1. The van der Waals surface area contributed by atoms with Gasteiger partial charge >= 0.3 is 0 Å². The molecule has 2 rings (SSSR count). The smallest absolute Gasteiger partial charge is 0.0399 e. The molecule has 82 valence electrons. The van der Waals surface area contributed by atoms with Crippen LogP contribution in [0, 0.1) is 23.7 Å². The predicted molar refractivity (Wildman–Crippen MR) is 65.9 cm³/mol. The van der Waals surface area contributed by atoms with Crippen molar-refractivity contribution in [2.45, 2.75) is 33.1 Å². The standard InChI is InChI=1S/C14H21N/c1-4-5-6-11-7-10(2)8-12-9-13(15-3)14(11)12/h4-5,9-12,14H,3,6-8H2,1-2H3. The predicted octanol–water partition coefficient (Wildman–Crippen LogP) is 3.83. The Hall–Kier alpha value is -0.850. The van der Waals surface area contributed by atoms with Crippen LogP contribution in [0.5, 0.6) is 0 Å². The molecule has 0 aromatic rings. The van der Waals surface area contributed by atoms with Crippen molar-refractivity contribution in [2.24, 2.45) is 28.7 Å². The zero-order valence-electron chi connectivity index (χ0n) is 9.82. The normalized spacial score (nSPS) is 39.5. The Morgan fingerprint density at radius 3 is 3.00 bits per heavy atom. The van der Waals surface area contributed by atoms with E-state index in [4.69, 9.17) is 0 Å². The maximum absolute atomic E-state index is 4.15. The summed E-state index contributed by atoms with van der Waals surface area (Å²) in [4.78, 5) is 4.15. The summed E-state index contributed by atoms with van der Waals surface area (Å²) < 4.78 is 0. The zero-order valence-corrected chi connectivity index (χ0v) is 9.82. The third kappa shape index (κ3) is 1.92. The van der Waals surface area contributed by atoms with Crippen LogP contribution in [-0.2, 0) is 0 Å². The molecule has 0 spiro atoms. The molecule has 15 heavy (non-hydrogen) atoms. The van der Waals surface area contributed by atoms with Crippen LogP contribution in [0.25, 0.3) is 0 Å². The average Bonchev–Trinajstić information content (AvgIpc) is 2.18. The minimum atomic E-state index is 0.718. The number of nitrogens with zero attached hydrogens (tertiary/aromatic N) is 1. The Morgan fingerprint density at radius 2 is 2.33 bits per heavy atom. The molecular formula is C14H21N. The molecule has 1 saturated carbocycles. The van der Waals surface area contributed by atoms with Crippen LogP contribution in [0.1, 0.15) is 33.1 Å². The summed E-state index contributed by atoms with van der Waals surface area (Å²) in [5.74, 6) is 3.20. The first-order chi connectivity index (χ1) is 7.26. The molecular weight excluding hydrogens is 182 g/mol. The van der Waals surface area contributed by atoms with Crippen molar-refractivity contribution in [1.82, 2.24) is 0 Å². The molecule has 1 heteroatoms. The van der Waals surface area contributed by atoms with Crippen LogP contribution < -0.4 is 0 Å². The molecule has 2 aliphatic rings. The fraction of sp³-hybridized carbons (Fsp3) is 0.643. The summed E-state index contributed by atoms with van der Waals surface area (Å²) in [6.45, 7) is 8.16. The van der Waals surface area contributed by atoms with E-state index in [9.17, 15) is 0 Å². The lowest BCUT2D eigenvalue weighted by atomic mass is 9.60. The molecule has 0 saturated heterocycles. The van der Waals surface area contributed by atoms with Crippen molar-refractivity contribution in [3.63, 3.8) is 0 Å². The first-order valence-electron chi connectivity index (χ1n) is 6.05. The molecule has 0 aliphatic heterocycles. The van der Waals surface area contributed by atoms with Gasteiger partial charge in [-0.2, -0.15) is 0 Å². The van der Waals surface area contributed by atoms with Gasteiger partial charge < -0.3 is 0 Å². The maximum atomic E-state index is 4.15. The van der Waals surface area contributed by atoms with E-state index in [0.29, 0.717) is 0 Å². The van der Waals surface area contributed by atoms with Gasteiger partial charge in [0.25, 0.3) is 0 Å². The van der Waals surface area contributed by atoms with Crippen LogP contribution in [0.3, 0.4) is 0 Å². The van der Waals surface area contributed by atoms with Crippen molar-refractivity contribution in [3.8, 4) is 0 Å². The number of allylic oxidation sites excluding steroid dienone is 4. The number of hydrogen-bond donors (Lipinski definition) is 0. The van der Waals surface area contributed by atoms with Crippen molar-refractivity contribution >= 4 is 6.72 Å². The summed E-state index contributed by atoms with van der Waals surface area (Å²) in [5, 5.41) is 0. The van der Waals surface area contributed by atoms with Crippen LogP contribution >= 0.6 is 0 Å². The van der Waals surface area contributed by atoms with Crippen LogP contribution in [0.15, 0.2) is 28.9 Å². The minimum Gasteiger partial charge on any atom is -0.269 e. The lowest BCUT2D eigenvalue weighted by Crippen LogP contribution is -2.37. The Labute approximate surface area is 93.0 Å². The number of rotatable bonds is 3. The molecule has 0 amide bonds. The summed E-state index contributed by atoms with van der Waals surface area (Å²) >= 11 is 0. The third-order valence-corrected chi connectivity index (χ3v) is 3.93. The van der Waals surface area contributed by atoms with E-state index in [1.807, 2.05) is 0 Å². The summed E-state index contributed by atoms with van der Waals surface area (Å²) in [7, 11) is 0. The highest BCUT2D eigenvalue weighted by atomic mass is 14.8. The molecule has 4 atom stereocenters. The fourth-order valence-corrected chi connectivity index (χ4v) is 3.28. The van der Waals surface area contributed by atoms with Gasteiger partial charge in [0.1, 0.15) is 0 Å². The second-order valence-electron chi connectivity index (χ2n) is 5.08. The summed E-state index contributed by atoms with van der Waals surface area (Å²) in [6.07, 6.45) is 10.7. The highest BCUT2D eigenvalue weighted by molar-refractivity contribution is 5.35. The lowest BCUT2D eigenvalue weighted by Gasteiger charge is -2.45.